The lowest BCUT2D eigenvalue weighted by Crippen LogP contribution is -2.37. The summed E-state index contributed by atoms with van der Waals surface area (Å²) >= 11 is 16.3. The number of hydrogen-bond acceptors (Lipinski definition) is 3. The minimum Gasteiger partial charge on any atom is -0.395 e. The molecule has 62 valence electrons. The van der Waals surface area contributed by atoms with Crippen molar-refractivity contribution in [1.82, 2.24) is 4.42 Å². The molecule has 0 amide bonds. The van der Waals surface area contributed by atoms with Gasteiger partial charge in [-0.25, -0.2) is 0 Å². The molecule has 0 aromatic heterocycles. The average Bonchev–Trinajstić information content (AvgIpc) is 1.89. The molecule has 10 heavy (non-hydrogen) atoms. The number of alkyl halides is 2. The summed E-state index contributed by atoms with van der Waals surface area (Å²) in [6.45, 7) is -0.542. The third kappa shape index (κ3) is 3.23. The number of aliphatic hydroxyl groups excluding tert-OH is 2. The molecule has 0 aliphatic heterocycles. The maximum Gasteiger partial charge on any atom is 0.207 e. The standard InChI is InChI=1S/C4H8Cl3NO2/c5-4(6,3-10)8(7)1-2-9/h9-10H,1-3H2. The summed E-state index contributed by atoms with van der Waals surface area (Å²) < 4.78 is -0.583. The predicted octanol–water partition coefficient (Wildman–Crippen LogP) is 0.558. The Morgan fingerprint density at radius 3 is 2.10 bits per heavy atom. The largest absolute Gasteiger partial charge is 0.395 e. The second-order valence-electron chi connectivity index (χ2n) is 1.63. The van der Waals surface area contributed by atoms with Gasteiger partial charge in [0.15, 0.2) is 0 Å². The van der Waals surface area contributed by atoms with E-state index in [0.29, 0.717) is 0 Å². The Balaban J connectivity index is 3.78. The van der Waals surface area contributed by atoms with E-state index in [9.17, 15) is 0 Å². The third-order valence-electron chi connectivity index (χ3n) is 0.842. The highest BCUT2D eigenvalue weighted by Crippen LogP contribution is 2.26. The van der Waals surface area contributed by atoms with Crippen molar-refractivity contribution in [1.29, 1.82) is 0 Å². The van der Waals surface area contributed by atoms with Crippen molar-refractivity contribution in [3.63, 3.8) is 0 Å². The normalized spacial score (nSPS) is 12.6. The molecule has 0 saturated heterocycles. The average molecular weight is 208 g/mol. The Labute approximate surface area is 74.2 Å². The zero-order chi connectivity index (χ0) is 8.20. The fraction of sp³-hybridized carbons (Fsp3) is 1.00. The number of halogens is 3. The Bertz CT molecular complexity index is 101. The van der Waals surface area contributed by atoms with Gasteiger partial charge in [-0.05, 0) is 11.8 Å². The van der Waals surface area contributed by atoms with Crippen molar-refractivity contribution in [3.05, 3.63) is 0 Å². The van der Waals surface area contributed by atoms with Crippen LogP contribution in [0.15, 0.2) is 0 Å². The van der Waals surface area contributed by atoms with Gasteiger partial charge >= 0.3 is 0 Å². The molecule has 0 rings (SSSR count). The smallest absolute Gasteiger partial charge is 0.207 e. The summed E-state index contributed by atoms with van der Waals surface area (Å²) in [5.74, 6) is 0. The molecule has 0 saturated carbocycles. The van der Waals surface area contributed by atoms with Gasteiger partial charge in [0, 0.05) is 6.54 Å². The zero-order valence-corrected chi connectivity index (χ0v) is 7.36. The van der Waals surface area contributed by atoms with E-state index in [1.807, 2.05) is 0 Å². The highest BCUT2D eigenvalue weighted by Gasteiger charge is 2.29. The second-order valence-corrected chi connectivity index (χ2v) is 3.49. The van der Waals surface area contributed by atoms with E-state index in [-0.39, 0.29) is 13.2 Å². The highest BCUT2D eigenvalue weighted by atomic mass is 35.5. The first-order valence-electron chi connectivity index (χ1n) is 2.57. The number of rotatable bonds is 4. The molecule has 0 unspecified atom stereocenters. The lowest BCUT2D eigenvalue weighted by molar-refractivity contribution is 0.187. The monoisotopic (exact) mass is 207 g/mol. The first-order valence-corrected chi connectivity index (χ1v) is 3.67. The fourth-order valence-electron chi connectivity index (χ4n) is 0.328. The van der Waals surface area contributed by atoms with Crippen LogP contribution in [0.5, 0.6) is 0 Å². The molecule has 0 aliphatic carbocycles. The van der Waals surface area contributed by atoms with Gasteiger partial charge in [-0.3, -0.25) is 0 Å². The maximum atomic E-state index is 8.52. The summed E-state index contributed by atoms with van der Waals surface area (Å²) in [5.41, 5.74) is 0. The van der Waals surface area contributed by atoms with Crippen molar-refractivity contribution < 1.29 is 10.2 Å². The van der Waals surface area contributed by atoms with Gasteiger partial charge in [-0.15, -0.1) is 0 Å². The summed E-state index contributed by atoms with van der Waals surface area (Å²) in [6.07, 6.45) is 0. The number of aliphatic hydroxyl groups is 2. The van der Waals surface area contributed by atoms with E-state index in [1.54, 1.807) is 0 Å². The van der Waals surface area contributed by atoms with Crippen LogP contribution in [0.4, 0.5) is 0 Å². The van der Waals surface area contributed by atoms with E-state index >= 15 is 0 Å². The summed E-state index contributed by atoms with van der Waals surface area (Å²) in [5, 5.41) is 16.9. The van der Waals surface area contributed by atoms with E-state index < -0.39 is 11.1 Å². The van der Waals surface area contributed by atoms with Crippen molar-refractivity contribution in [3.8, 4) is 0 Å². The minimum absolute atomic E-state index is 0.106. The SMILES string of the molecule is OCCN(Cl)C(Cl)(Cl)CO. The van der Waals surface area contributed by atoms with Crippen LogP contribution >= 0.6 is 35.0 Å². The molecule has 0 spiro atoms. The van der Waals surface area contributed by atoms with Crippen LogP contribution in [-0.2, 0) is 0 Å². The van der Waals surface area contributed by atoms with Gasteiger partial charge in [0.25, 0.3) is 0 Å². The van der Waals surface area contributed by atoms with E-state index in [4.69, 9.17) is 45.2 Å². The lowest BCUT2D eigenvalue weighted by Gasteiger charge is -2.24. The number of nitrogens with zero attached hydrogens (tertiary/aromatic N) is 1. The van der Waals surface area contributed by atoms with Crippen molar-refractivity contribution in [2.45, 2.75) is 4.46 Å². The Morgan fingerprint density at radius 1 is 1.30 bits per heavy atom. The van der Waals surface area contributed by atoms with Crippen LogP contribution in [0.1, 0.15) is 0 Å². The summed E-state index contributed by atoms with van der Waals surface area (Å²) in [6, 6.07) is 0. The van der Waals surface area contributed by atoms with Crippen LogP contribution in [-0.4, -0.2) is 38.8 Å². The molecule has 0 bridgehead atoms. The molecule has 6 heteroatoms. The molecule has 0 fully saturated rings. The third-order valence-corrected chi connectivity index (χ3v) is 2.12. The fourth-order valence-corrected chi connectivity index (χ4v) is 0.626. The molecule has 0 aromatic carbocycles. The molecular formula is C4H8Cl3NO2. The van der Waals surface area contributed by atoms with Crippen LogP contribution in [0.3, 0.4) is 0 Å². The van der Waals surface area contributed by atoms with Gasteiger partial charge in [0.05, 0.1) is 13.2 Å². The van der Waals surface area contributed by atoms with E-state index in [0.717, 1.165) is 4.42 Å². The Hall–Kier alpha value is 0.750. The van der Waals surface area contributed by atoms with E-state index in [1.165, 1.54) is 0 Å². The molecule has 3 nitrogen and oxygen atoms in total. The van der Waals surface area contributed by atoms with Crippen LogP contribution in [0.25, 0.3) is 0 Å². The van der Waals surface area contributed by atoms with Gasteiger partial charge in [0.1, 0.15) is 0 Å². The lowest BCUT2D eigenvalue weighted by atomic mass is 10.6. The zero-order valence-electron chi connectivity index (χ0n) is 5.10. The molecule has 0 heterocycles. The van der Waals surface area contributed by atoms with Crippen LogP contribution in [0, 0.1) is 0 Å². The van der Waals surface area contributed by atoms with Gasteiger partial charge in [0.2, 0.25) is 4.46 Å². The highest BCUT2D eigenvalue weighted by molar-refractivity contribution is 6.50. The predicted molar refractivity (Wildman–Crippen MR) is 41.2 cm³/mol. The first kappa shape index (κ1) is 10.8. The minimum atomic E-state index is -1.51. The van der Waals surface area contributed by atoms with Crippen LogP contribution < -0.4 is 0 Å². The Kier molecular flexibility index (Phi) is 4.94. The van der Waals surface area contributed by atoms with Gasteiger partial charge < -0.3 is 10.2 Å². The summed E-state index contributed by atoms with van der Waals surface area (Å²) in [7, 11) is 0. The number of hydrogen-bond donors (Lipinski definition) is 2. The van der Waals surface area contributed by atoms with E-state index in [2.05, 4.69) is 0 Å². The van der Waals surface area contributed by atoms with Crippen molar-refractivity contribution in [2.24, 2.45) is 0 Å². The topological polar surface area (TPSA) is 43.7 Å². The molecule has 0 aliphatic rings. The maximum absolute atomic E-state index is 8.52. The van der Waals surface area contributed by atoms with Gasteiger partial charge in [-0.2, -0.15) is 4.42 Å². The molecule has 0 atom stereocenters. The first-order chi connectivity index (χ1) is 4.54. The Morgan fingerprint density at radius 2 is 1.80 bits per heavy atom. The van der Waals surface area contributed by atoms with Crippen molar-refractivity contribution in [2.75, 3.05) is 19.8 Å². The second kappa shape index (κ2) is 4.59. The molecule has 0 aromatic rings. The summed E-state index contributed by atoms with van der Waals surface area (Å²) in [4.78, 5) is 0. The molecule has 0 radical (unpaired) electrons. The van der Waals surface area contributed by atoms with Crippen molar-refractivity contribution >= 4 is 35.0 Å². The van der Waals surface area contributed by atoms with Gasteiger partial charge in [-0.1, -0.05) is 23.2 Å². The quantitative estimate of drug-likeness (QED) is 0.403. The molecular weight excluding hydrogens is 200 g/mol. The van der Waals surface area contributed by atoms with Crippen LogP contribution in [0.2, 0.25) is 0 Å². The molecule has 2 N–H and O–H groups in total.